The van der Waals surface area contributed by atoms with E-state index in [4.69, 9.17) is 23.2 Å². The molecular formula is C12H13BrCl2N2O. The minimum Gasteiger partial charge on any atom is -0.335 e. The molecule has 18 heavy (non-hydrogen) atoms. The van der Waals surface area contributed by atoms with Crippen LogP contribution in [0.4, 0.5) is 10.5 Å². The van der Waals surface area contributed by atoms with Crippen LogP contribution in [0.25, 0.3) is 0 Å². The molecule has 0 heterocycles. The van der Waals surface area contributed by atoms with Crippen LogP contribution in [0.15, 0.2) is 16.6 Å². The number of hydrogen-bond acceptors (Lipinski definition) is 1. The average Bonchev–Trinajstić information content (AvgIpc) is 2.83. The number of nitrogens with one attached hydrogen (secondary N) is 2. The van der Waals surface area contributed by atoms with E-state index in [0.29, 0.717) is 20.2 Å². The van der Waals surface area contributed by atoms with Crippen molar-refractivity contribution in [1.82, 2.24) is 5.32 Å². The Morgan fingerprint density at radius 3 is 2.56 bits per heavy atom. The Labute approximate surface area is 124 Å². The van der Waals surface area contributed by atoms with E-state index >= 15 is 0 Å². The molecule has 6 heteroatoms. The number of hydrogen-bond donors (Lipinski definition) is 2. The second kappa shape index (κ2) is 6.13. The van der Waals surface area contributed by atoms with Crippen LogP contribution in [0.1, 0.15) is 25.7 Å². The third-order valence-corrected chi connectivity index (χ3v) is 4.74. The van der Waals surface area contributed by atoms with Crippen molar-refractivity contribution in [2.45, 2.75) is 31.7 Å². The zero-order valence-electron chi connectivity index (χ0n) is 9.60. The molecule has 1 saturated carbocycles. The number of halogens is 3. The van der Waals surface area contributed by atoms with E-state index < -0.39 is 0 Å². The summed E-state index contributed by atoms with van der Waals surface area (Å²) in [5.74, 6) is 0. The van der Waals surface area contributed by atoms with Crippen molar-refractivity contribution < 1.29 is 4.79 Å². The molecule has 0 aromatic heterocycles. The van der Waals surface area contributed by atoms with Gasteiger partial charge in [0.1, 0.15) is 0 Å². The van der Waals surface area contributed by atoms with Crippen LogP contribution in [0.3, 0.4) is 0 Å². The molecular weight excluding hydrogens is 339 g/mol. The van der Waals surface area contributed by atoms with Gasteiger partial charge in [-0.25, -0.2) is 4.79 Å². The third-order valence-electron chi connectivity index (χ3n) is 2.97. The summed E-state index contributed by atoms with van der Waals surface area (Å²) in [7, 11) is 0. The van der Waals surface area contributed by atoms with Crippen molar-refractivity contribution in [2.24, 2.45) is 0 Å². The molecule has 3 nitrogen and oxygen atoms in total. The van der Waals surface area contributed by atoms with Gasteiger partial charge in [-0.05, 0) is 40.9 Å². The Morgan fingerprint density at radius 2 is 1.89 bits per heavy atom. The lowest BCUT2D eigenvalue weighted by molar-refractivity contribution is 0.248. The third kappa shape index (κ3) is 3.31. The van der Waals surface area contributed by atoms with Crippen molar-refractivity contribution in [3.63, 3.8) is 0 Å². The van der Waals surface area contributed by atoms with Crippen LogP contribution in [-0.4, -0.2) is 12.1 Å². The summed E-state index contributed by atoms with van der Waals surface area (Å²) < 4.78 is 0.705. The zero-order chi connectivity index (χ0) is 13.1. The van der Waals surface area contributed by atoms with Gasteiger partial charge in [0, 0.05) is 10.5 Å². The number of benzene rings is 1. The molecule has 0 saturated heterocycles. The number of anilines is 1. The van der Waals surface area contributed by atoms with Crippen LogP contribution in [0, 0.1) is 0 Å². The maximum absolute atomic E-state index is 11.8. The van der Waals surface area contributed by atoms with Gasteiger partial charge in [-0.15, -0.1) is 0 Å². The summed E-state index contributed by atoms with van der Waals surface area (Å²) in [4.78, 5) is 11.8. The summed E-state index contributed by atoms with van der Waals surface area (Å²) in [6, 6.07) is 3.50. The summed E-state index contributed by atoms with van der Waals surface area (Å²) >= 11 is 15.3. The molecule has 1 aliphatic carbocycles. The number of carbonyl (C=O) groups excluding carboxylic acids is 1. The van der Waals surface area contributed by atoms with E-state index in [-0.39, 0.29) is 12.1 Å². The van der Waals surface area contributed by atoms with E-state index in [1.54, 1.807) is 12.1 Å². The second-order valence-electron chi connectivity index (χ2n) is 4.30. The summed E-state index contributed by atoms with van der Waals surface area (Å²) in [6.07, 6.45) is 4.44. The largest absolute Gasteiger partial charge is 0.335 e. The summed E-state index contributed by atoms with van der Waals surface area (Å²) in [6.45, 7) is 0. The van der Waals surface area contributed by atoms with Crippen molar-refractivity contribution in [1.29, 1.82) is 0 Å². The highest BCUT2D eigenvalue weighted by molar-refractivity contribution is 9.10. The first kappa shape index (κ1) is 14.0. The van der Waals surface area contributed by atoms with Gasteiger partial charge in [0.05, 0.1) is 15.7 Å². The van der Waals surface area contributed by atoms with Crippen molar-refractivity contribution in [3.8, 4) is 0 Å². The van der Waals surface area contributed by atoms with Gasteiger partial charge in [0.2, 0.25) is 0 Å². The first-order valence-corrected chi connectivity index (χ1v) is 7.34. The maximum atomic E-state index is 11.8. The van der Waals surface area contributed by atoms with Gasteiger partial charge >= 0.3 is 6.03 Å². The van der Waals surface area contributed by atoms with Crippen LogP contribution in [0.5, 0.6) is 0 Å². The van der Waals surface area contributed by atoms with Gasteiger partial charge in [-0.1, -0.05) is 36.0 Å². The number of carbonyl (C=O) groups is 1. The molecule has 0 unspecified atom stereocenters. The molecule has 2 N–H and O–H groups in total. The van der Waals surface area contributed by atoms with Crippen LogP contribution in [-0.2, 0) is 0 Å². The highest BCUT2D eigenvalue weighted by Gasteiger charge is 2.18. The Balaban J connectivity index is 2.00. The Kier molecular flexibility index (Phi) is 4.76. The lowest BCUT2D eigenvalue weighted by atomic mass is 10.2. The monoisotopic (exact) mass is 350 g/mol. The molecule has 0 aliphatic heterocycles. The highest BCUT2D eigenvalue weighted by Crippen LogP contribution is 2.35. The van der Waals surface area contributed by atoms with E-state index in [2.05, 4.69) is 26.6 Å². The topological polar surface area (TPSA) is 41.1 Å². The smallest absolute Gasteiger partial charge is 0.319 e. The van der Waals surface area contributed by atoms with Gasteiger partial charge in [0.25, 0.3) is 0 Å². The van der Waals surface area contributed by atoms with Crippen molar-refractivity contribution in [3.05, 3.63) is 26.7 Å². The fraction of sp³-hybridized carbons (Fsp3) is 0.417. The molecule has 98 valence electrons. The summed E-state index contributed by atoms with van der Waals surface area (Å²) in [5, 5.41) is 6.38. The Morgan fingerprint density at radius 1 is 1.22 bits per heavy atom. The fourth-order valence-corrected chi connectivity index (χ4v) is 2.86. The zero-order valence-corrected chi connectivity index (χ0v) is 12.7. The van der Waals surface area contributed by atoms with Gasteiger partial charge in [-0.2, -0.15) is 0 Å². The molecule has 1 fully saturated rings. The lowest BCUT2D eigenvalue weighted by Crippen LogP contribution is -2.36. The average molecular weight is 352 g/mol. The van der Waals surface area contributed by atoms with E-state index in [1.165, 1.54) is 12.8 Å². The first-order valence-electron chi connectivity index (χ1n) is 5.79. The molecule has 0 atom stereocenters. The second-order valence-corrected chi connectivity index (χ2v) is 5.91. The lowest BCUT2D eigenvalue weighted by Gasteiger charge is -2.14. The molecule has 0 bridgehead atoms. The minimum atomic E-state index is -0.234. The SMILES string of the molecule is O=C(Nc1ccc(Br)c(Cl)c1Cl)NC1CCCC1. The van der Waals surface area contributed by atoms with Crippen molar-refractivity contribution >= 4 is 50.9 Å². The highest BCUT2D eigenvalue weighted by atomic mass is 79.9. The molecule has 0 spiro atoms. The van der Waals surface area contributed by atoms with Gasteiger partial charge < -0.3 is 10.6 Å². The normalized spacial score (nSPS) is 15.7. The molecule has 1 aromatic rings. The first-order chi connectivity index (χ1) is 8.58. The molecule has 0 radical (unpaired) electrons. The summed E-state index contributed by atoms with van der Waals surface area (Å²) in [5.41, 5.74) is 0.514. The minimum absolute atomic E-state index is 0.234. The number of rotatable bonds is 2. The quantitative estimate of drug-likeness (QED) is 0.737. The van der Waals surface area contributed by atoms with Crippen LogP contribution >= 0.6 is 39.1 Å². The van der Waals surface area contributed by atoms with Crippen molar-refractivity contribution in [2.75, 3.05) is 5.32 Å². The predicted molar refractivity (Wildman–Crippen MR) is 78.6 cm³/mol. The van der Waals surface area contributed by atoms with E-state index in [1.807, 2.05) is 0 Å². The molecule has 2 rings (SSSR count). The maximum Gasteiger partial charge on any atom is 0.319 e. The predicted octanol–water partition coefficient (Wildman–Crippen LogP) is 4.82. The van der Waals surface area contributed by atoms with Crippen LogP contribution in [0.2, 0.25) is 10.0 Å². The number of amides is 2. The Bertz CT molecular complexity index is 462. The van der Waals surface area contributed by atoms with E-state index in [0.717, 1.165) is 12.8 Å². The van der Waals surface area contributed by atoms with E-state index in [9.17, 15) is 4.79 Å². The van der Waals surface area contributed by atoms with Crippen LogP contribution < -0.4 is 10.6 Å². The number of urea groups is 1. The van der Waals surface area contributed by atoms with Gasteiger partial charge in [-0.3, -0.25) is 0 Å². The molecule has 1 aromatic carbocycles. The van der Waals surface area contributed by atoms with Gasteiger partial charge in [0.15, 0.2) is 0 Å². The molecule has 1 aliphatic rings. The fourth-order valence-electron chi connectivity index (χ4n) is 2.04. The molecule has 2 amide bonds. The Hall–Kier alpha value is -0.450. The standard InChI is InChI=1S/C12H13BrCl2N2O/c13-8-5-6-9(11(15)10(8)14)17-12(18)16-7-3-1-2-4-7/h5-7H,1-4H2,(H2,16,17,18).